The average molecular weight is 238 g/mol. The van der Waals surface area contributed by atoms with E-state index in [-0.39, 0.29) is 11.4 Å². The van der Waals surface area contributed by atoms with Crippen molar-refractivity contribution in [3.63, 3.8) is 0 Å². The Morgan fingerprint density at radius 3 is 2.69 bits per heavy atom. The first-order chi connectivity index (χ1) is 7.45. The van der Waals surface area contributed by atoms with Gasteiger partial charge in [0.15, 0.2) is 0 Å². The van der Waals surface area contributed by atoms with Crippen LogP contribution in [0.4, 0.5) is 5.69 Å². The number of hydrogen-bond donors (Lipinski definition) is 2. The Bertz CT molecular complexity index is 495. The molecule has 3 N–H and O–H groups in total. The molecular formula is C11H14N2O2S. The maximum Gasteiger partial charge on any atom is 0.240 e. The van der Waals surface area contributed by atoms with E-state index in [1.165, 1.54) is 6.07 Å². The van der Waals surface area contributed by atoms with Gasteiger partial charge < -0.3 is 5.73 Å². The highest BCUT2D eigenvalue weighted by atomic mass is 32.2. The van der Waals surface area contributed by atoms with Crippen molar-refractivity contribution < 1.29 is 8.42 Å². The number of nitrogens with one attached hydrogen (secondary N) is 1. The molecule has 0 unspecified atom stereocenters. The molecule has 0 saturated carbocycles. The number of sulfonamides is 1. The summed E-state index contributed by atoms with van der Waals surface area (Å²) in [6, 6.07) is 4.69. The molecule has 0 radical (unpaired) electrons. The molecule has 0 fully saturated rings. The van der Waals surface area contributed by atoms with Gasteiger partial charge in [-0.2, -0.15) is 0 Å². The summed E-state index contributed by atoms with van der Waals surface area (Å²) in [5.41, 5.74) is 6.82. The molecule has 0 aliphatic heterocycles. The molecule has 0 heterocycles. The van der Waals surface area contributed by atoms with Crippen LogP contribution < -0.4 is 10.5 Å². The van der Waals surface area contributed by atoms with Gasteiger partial charge in [0.05, 0.1) is 4.90 Å². The minimum atomic E-state index is -3.50. The van der Waals surface area contributed by atoms with E-state index in [1.807, 2.05) is 0 Å². The lowest BCUT2D eigenvalue weighted by Crippen LogP contribution is -2.24. The van der Waals surface area contributed by atoms with E-state index in [4.69, 9.17) is 12.2 Å². The Hall–Kier alpha value is -1.51. The molecule has 5 heteroatoms. The third-order valence-corrected chi connectivity index (χ3v) is 3.39. The van der Waals surface area contributed by atoms with E-state index >= 15 is 0 Å². The first kappa shape index (κ1) is 12.6. The standard InChI is InChI=1S/C11H14N2O2S/c1-3-4-5-13-16(14,15)11-7-9(2)6-10(12)8-11/h1,6-8,13H,4-5,12H2,2H3. The van der Waals surface area contributed by atoms with Gasteiger partial charge in [-0.25, -0.2) is 13.1 Å². The SMILES string of the molecule is C#CCCNS(=O)(=O)c1cc(C)cc(N)c1. The molecule has 4 nitrogen and oxygen atoms in total. The highest BCUT2D eigenvalue weighted by Gasteiger charge is 2.13. The summed E-state index contributed by atoms with van der Waals surface area (Å²) in [5.74, 6) is 2.36. The van der Waals surface area contributed by atoms with Gasteiger partial charge in [-0.1, -0.05) is 0 Å². The zero-order valence-corrected chi connectivity index (χ0v) is 9.84. The summed E-state index contributed by atoms with van der Waals surface area (Å²) < 4.78 is 26.0. The number of anilines is 1. The fraction of sp³-hybridized carbons (Fsp3) is 0.273. The summed E-state index contributed by atoms with van der Waals surface area (Å²) >= 11 is 0. The van der Waals surface area contributed by atoms with Crippen LogP contribution in [0.2, 0.25) is 0 Å². The topological polar surface area (TPSA) is 72.2 Å². The number of aryl methyl sites for hydroxylation is 1. The summed E-state index contributed by atoms with van der Waals surface area (Å²) in [5, 5.41) is 0. The van der Waals surface area contributed by atoms with E-state index in [0.29, 0.717) is 12.1 Å². The van der Waals surface area contributed by atoms with Crippen LogP contribution in [-0.2, 0) is 10.0 Å². The average Bonchev–Trinajstić information content (AvgIpc) is 2.16. The number of rotatable bonds is 4. The molecule has 86 valence electrons. The third kappa shape index (κ3) is 3.26. The molecule has 1 aromatic carbocycles. The van der Waals surface area contributed by atoms with Crippen molar-refractivity contribution in [3.05, 3.63) is 23.8 Å². The largest absolute Gasteiger partial charge is 0.399 e. The van der Waals surface area contributed by atoms with Gasteiger partial charge in [-0.05, 0) is 30.7 Å². The van der Waals surface area contributed by atoms with Crippen molar-refractivity contribution in [3.8, 4) is 12.3 Å². The van der Waals surface area contributed by atoms with Gasteiger partial charge in [0.25, 0.3) is 0 Å². The first-order valence-electron chi connectivity index (χ1n) is 4.76. The quantitative estimate of drug-likeness (QED) is 0.464. The van der Waals surface area contributed by atoms with Crippen LogP contribution in [-0.4, -0.2) is 15.0 Å². The molecule has 0 spiro atoms. The van der Waals surface area contributed by atoms with Gasteiger partial charge >= 0.3 is 0 Å². The van der Waals surface area contributed by atoms with Crippen LogP contribution in [0.3, 0.4) is 0 Å². The van der Waals surface area contributed by atoms with E-state index in [1.54, 1.807) is 19.1 Å². The van der Waals surface area contributed by atoms with E-state index in [0.717, 1.165) is 5.56 Å². The molecule has 16 heavy (non-hydrogen) atoms. The summed E-state index contributed by atoms with van der Waals surface area (Å²) in [6.07, 6.45) is 5.40. The zero-order valence-electron chi connectivity index (χ0n) is 9.03. The Morgan fingerprint density at radius 2 is 2.12 bits per heavy atom. The fourth-order valence-electron chi connectivity index (χ4n) is 1.27. The maximum atomic E-state index is 11.8. The Labute approximate surface area is 95.9 Å². The zero-order chi connectivity index (χ0) is 12.2. The molecule has 0 aromatic heterocycles. The van der Waals surface area contributed by atoms with Crippen LogP contribution in [0.25, 0.3) is 0 Å². The molecule has 1 aromatic rings. The Balaban J connectivity index is 2.95. The van der Waals surface area contributed by atoms with Crippen molar-refractivity contribution in [2.24, 2.45) is 0 Å². The molecule has 1 rings (SSSR count). The predicted molar refractivity (Wildman–Crippen MR) is 64.2 cm³/mol. The molecule has 0 aliphatic carbocycles. The molecule has 0 aliphatic rings. The monoisotopic (exact) mass is 238 g/mol. The van der Waals surface area contributed by atoms with Crippen molar-refractivity contribution in [1.29, 1.82) is 0 Å². The van der Waals surface area contributed by atoms with Crippen molar-refractivity contribution >= 4 is 15.7 Å². The summed E-state index contributed by atoms with van der Waals surface area (Å²) in [4.78, 5) is 0.169. The van der Waals surface area contributed by atoms with Gasteiger partial charge in [0, 0.05) is 18.7 Å². The van der Waals surface area contributed by atoms with E-state index in [9.17, 15) is 8.42 Å². The lowest BCUT2D eigenvalue weighted by molar-refractivity contribution is 0.582. The number of terminal acetylenes is 1. The number of nitrogen functional groups attached to an aromatic ring is 1. The highest BCUT2D eigenvalue weighted by molar-refractivity contribution is 7.89. The fourth-order valence-corrected chi connectivity index (χ4v) is 2.44. The van der Waals surface area contributed by atoms with Crippen LogP contribution in [0.5, 0.6) is 0 Å². The second kappa shape index (κ2) is 5.01. The minimum Gasteiger partial charge on any atom is -0.399 e. The van der Waals surface area contributed by atoms with Gasteiger partial charge in [-0.3, -0.25) is 0 Å². The van der Waals surface area contributed by atoms with Crippen molar-refractivity contribution in [2.45, 2.75) is 18.2 Å². The minimum absolute atomic E-state index is 0.169. The molecule has 0 atom stereocenters. The highest BCUT2D eigenvalue weighted by Crippen LogP contribution is 2.15. The molecule has 0 amide bonds. The summed E-state index contributed by atoms with van der Waals surface area (Å²) in [7, 11) is -3.50. The lowest BCUT2D eigenvalue weighted by Gasteiger charge is -2.07. The van der Waals surface area contributed by atoms with Crippen molar-refractivity contribution in [1.82, 2.24) is 4.72 Å². The second-order valence-electron chi connectivity index (χ2n) is 3.43. The predicted octanol–water partition coefficient (Wildman–Crippen LogP) is 0.879. The smallest absolute Gasteiger partial charge is 0.240 e. The molecule has 0 saturated heterocycles. The maximum absolute atomic E-state index is 11.8. The normalized spacial score (nSPS) is 11.0. The second-order valence-corrected chi connectivity index (χ2v) is 5.20. The Morgan fingerprint density at radius 1 is 1.44 bits per heavy atom. The Kier molecular flexibility index (Phi) is 3.93. The van der Waals surface area contributed by atoms with Crippen LogP contribution >= 0.6 is 0 Å². The van der Waals surface area contributed by atoms with Crippen LogP contribution in [0.1, 0.15) is 12.0 Å². The molecular weight excluding hydrogens is 224 g/mol. The van der Waals surface area contributed by atoms with Gasteiger partial charge in [-0.15, -0.1) is 12.3 Å². The van der Waals surface area contributed by atoms with Crippen LogP contribution in [0.15, 0.2) is 23.1 Å². The van der Waals surface area contributed by atoms with Crippen LogP contribution in [0, 0.1) is 19.3 Å². The van der Waals surface area contributed by atoms with E-state index < -0.39 is 10.0 Å². The third-order valence-electron chi connectivity index (χ3n) is 1.94. The number of benzene rings is 1. The summed E-state index contributed by atoms with van der Waals surface area (Å²) in [6.45, 7) is 2.02. The van der Waals surface area contributed by atoms with Gasteiger partial charge in [0.2, 0.25) is 10.0 Å². The first-order valence-corrected chi connectivity index (χ1v) is 6.24. The molecule has 0 bridgehead atoms. The number of hydrogen-bond acceptors (Lipinski definition) is 3. The lowest BCUT2D eigenvalue weighted by atomic mass is 10.2. The number of nitrogens with two attached hydrogens (primary N) is 1. The van der Waals surface area contributed by atoms with Crippen molar-refractivity contribution in [2.75, 3.05) is 12.3 Å². The van der Waals surface area contributed by atoms with E-state index in [2.05, 4.69) is 10.6 Å². The van der Waals surface area contributed by atoms with Gasteiger partial charge in [0.1, 0.15) is 0 Å².